The molecule has 0 aliphatic carbocycles. The van der Waals surface area contributed by atoms with E-state index in [1.54, 1.807) is 34.2 Å². The summed E-state index contributed by atoms with van der Waals surface area (Å²) < 4.78 is 33.7. The smallest absolute Gasteiger partial charge is 0.252 e. The molecule has 8 nitrogen and oxygen atoms in total. The third kappa shape index (κ3) is 5.41. The second-order valence-corrected chi connectivity index (χ2v) is 11.7. The largest absolute Gasteiger partial charge is 0.490 e. The van der Waals surface area contributed by atoms with Crippen molar-refractivity contribution in [2.75, 3.05) is 44.2 Å². The van der Waals surface area contributed by atoms with Crippen LogP contribution < -0.4 is 9.64 Å². The van der Waals surface area contributed by atoms with Gasteiger partial charge in [-0.3, -0.25) is 4.90 Å². The summed E-state index contributed by atoms with van der Waals surface area (Å²) in [4.78, 5) is 13.4. The Morgan fingerprint density at radius 3 is 2.41 bits per heavy atom. The summed E-state index contributed by atoms with van der Waals surface area (Å²) in [6.07, 6.45) is 4.98. The van der Waals surface area contributed by atoms with Gasteiger partial charge in [0.05, 0.1) is 0 Å². The molecule has 0 saturated carbocycles. The van der Waals surface area contributed by atoms with Crippen LogP contribution in [0.15, 0.2) is 64.4 Å². The highest BCUT2D eigenvalue weighted by atomic mass is 32.2. The summed E-state index contributed by atoms with van der Waals surface area (Å²) in [6.45, 7) is 5.58. The number of aromatic nitrogens is 2. The van der Waals surface area contributed by atoms with E-state index >= 15 is 0 Å². The molecule has 34 heavy (non-hydrogen) atoms. The van der Waals surface area contributed by atoms with E-state index in [-0.39, 0.29) is 6.10 Å². The molecule has 0 N–H and O–H groups in total. The molecule has 2 saturated heterocycles. The third-order valence-electron chi connectivity index (χ3n) is 6.30. The first-order chi connectivity index (χ1) is 16.6. The monoisotopic (exact) mass is 499 g/mol. The molecule has 0 unspecified atom stereocenters. The van der Waals surface area contributed by atoms with E-state index in [2.05, 4.69) is 31.9 Å². The molecular formula is C24H29N5O3S2. The maximum absolute atomic E-state index is 12.7. The molecule has 5 rings (SSSR count). The van der Waals surface area contributed by atoms with E-state index < -0.39 is 10.0 Å². The maximum atomic E-state index is 12.7. The number of ether oxygens (including phenoxy) is 1. The Balaban J connectivity index is 1.11. The van der Waals surface area contributed by atoms with Crippen molar-refractivity contribution in [3.05, 3.63) is 65.8 Å². The van der Waals surface area contributed by atoms with Crippen LogP contribution in [0.2, 0.25) is 0 Å². The minimum Gasteiger partial charge on any atom is -0.490 e. The molecule has 1 aromatic carbocycles. The van der Waals surface area contributed by atoms with Gasteiger partial charge in [0, 0.05) is 58.2 Å². The molecule has 2 aliphatic heterocycles. The van der Waals surface area contributed by atoms with Gasteiger partial charge in [-0.05, 0) is 48.1 Å². The van der Waals surface area contributed by atoms with Crippen LogP contribution in [-0.2, 0) is 16.6 Å². The molecule has 0 atom stereocenters. The Morgan fingerprint density at radius 2 is 1.71 bits per heavy atom. The van der Waals surface area contributed by atoms with Gasteiger partial charge in [-0.2, -0.15) is 4.31 Å². The molecule has 0 bridgehead atoms. The fraction of sp³-hybridized carbons (Fsp3) is 0.417. The number of nitrogens with zero attached hydrogens (tertiary/aromatic N) is 5. The van der Waals surface area contributed by atoms with Crippen LogP contribution in [0.1, 0.15) is 18.4 Å². The topological polar surface area (TPSA) is 78.9 Å². The predicted octanol–water partition coefficient (Wildman–Crippen LogP) is 3.09. The average Bonchev–Trinajstić information content (AvgIpc) is 3.42. The van der Waals surface area contributed by atoms with Gasteiger partial charge < -0.3 is 9.64 Å². The van der Waals surface area contributed by atoms with Crippen molar-refractivity contribution in [2.24, 2.45) is 0 Å². The zero-order valence-corrected chi connectivity index (χ0v) is 20.6. The summed E-state index contributed by atoms with van der Waals surface area (Å²) in [5, 5.41) is 1.80. The fourth-order valence-corrected chi connectivity index (χ4v) is 7.07. The molecule has 3 aromatic rings. The first-order valence-electron chi connectivity index (χ1n) is 11.6. The highest BCUT2D eigenvalue weighted by molar-refractivity contribution is 7.91. The molecule has 10 heteroatoms. The highest BCUT2D eigenvalue weighted by Gasteiger charge is 2.30. The van der Waals surface area contributed by atoms with E-state index in [1.807, 2.05) is 18.2 Å². The molecular weight excluding hydrogens is 470 g/mol. The lowest BCUT2D eigenvalue weighted by Gasteiger charge is -2.34. The molecule has 0 amide bonds. The second kappa shape index (κ2) is 10.4. The molecule has 2 aromatic heterocycles. The van der Waals surface area contributed by atoms with Crippen molar-refractivity contribution in [3.63, 3.8) is 0 Å². The first kappa shape index (κ1) is 23.2. The third-order valence-corrected chi connectivity index (χ3v) is 9.58. The Morgan fingerprint density at radius 1 is 0.941 bits per heavy atom. The van der Waals surface area contributed by atoms with Crippen LogP contribution >= 0.6 is 11.3 Å². The number of anilines is 1. The van der Waals surface area contributed by atoms with Gasteiger partial charge in [-0.25, -0.2) is 18.4 Å². The first-order valence-corrected chi connectivity index (χ1v) is 13.9. The molecule has 0 spiro atoms. The predicted molar refractivity (Wildman–Crippen MR) is 133 cm³/mol. The van der Waals surface area contributed by atoms with Crippen molar-refractivity contribution in [1.82, 2.24) is 19.2 Å². The van der Waals surface area contributed by atoms with Crippen LogP contribution in [0, 0.1) is 0 Å². The summed E-state index contributed by atoms with van der Waals surface area (Å²) in [5.41, 5.74) is 1.22. The van der Waals surface area contributed by atoms with Gasteiger partial charge in [0.15, 0.2) is 0 Å². The lowest BCUT2D eigenvalue weighted by Crippen LogP contribution is -2.46. The van der Waals surface area contributed by atoms with Crippen molar-refractivity contribution >= 4 is 27.3 Å². The van der Waals surface area contributed by atoms with Crippen molar-refractivity contribution in [1.29, 1.82) is 0 Å². The lowest BCUT2D eigenvalue weighted by molar-refractivity contribution is 0.135. The summed E-state index contributed by atoms with van der Waals surface area (Å²) in [6, 6.07) is 13.6. The number of thiophene rings is 1. The van der Waals surface area contributed by atoms with E-state index in [1.165, 1.54) is 16.9 Å². The summed E-state index contributed by atoms with van der Waals surface area (Å²) in [5.74, 6) is 1.65. The van der Waals surface area contributed by atoms with Crippen LogP contribution in [0.5, 0.6) is 5.75 Å². The van der Waals surface area contributed by atoms with E-state index in [4.69, 9.17) is 4.74 Å². The summed E-state index contributed by atoms with van der Waals surface area (Å²) in [7, 11) is -3.38. The van der Waals surface area contributed by atoms with Crippen molar-refractivity contribution < 1.29 is 13.2 Å². The zero-order valence-electron chi connectivity index (χ0n) is 19.0. The van der Waals surface area contributed by atoms with Crippen LogP contribution in [0.25, 0.3) is 0 Å². The molecule has 4 heterocycles. The van der Waals surface area contributed by atoms with Crippen LogP contribution in [0.4, 0.5) is 5.95 Å². The molecule has 180 valence electrons. The number of benzene rings is 1. The normalized spacial score (nSPS) is 18.8. The molecule has 2 fully saturated rings. The number of piperidine rings is 1. The second-order valence-electron chi connectivity index (χ2n) is 8.61. The van der Waals surface area contributed by atoms with E-state index in [0.29, 0.717) is 30.1 Å². The van der Waals surface area contributed by atoms with E-state index in [0.717, 1.165) is 44.4 Å². The zero-order chi connectivity index (χ0) is 23.4. The Bertz CT molecular complexity index is 1160. The van der Waals surface area contributed by atoms with Crippen molar-refractivity contribution in [2.45, 2.75) is 29.7 Å². The number of piperazine rings is 1. The Labute approximate surface area is 204 Å². The molecule has 2 aliphatic rings. The van der Waals surface area contributed by atoms with Gasteiger partial charge in [-0.15, -0.1) is 11.3 Å². The number of sulfonamides is 1. The number of rotatable bonds is 7. The SMILES string of the molecule is O=S(=O)(c1cccs1)N1CCC(Oc2cccc(CN3CCN(c4ncccn4)CC3)c2)CC1. The van der Waals surface area contributed by atoms with Crippen molar-refractivity contribution in [3.8, 4) is 5.75 Å². The minimum absolute atomic E-state index is 0.0273. The Kier molecular flexibility index (Phi) is 7.10. The summed E-state index contributed by atoms with van der Waals surface area (Å²) >= 11 is 1.27. The van der Waals surface area contributed by atoms with E-state index in [9.17, 15) is 8.42 Å². The highest BCUT2D eigenvalue weighted by Crippen LogP contribution is 2.26. The van der Waals surface area contributed by atoms with Gasteiger partial charge >= 0.3 is 0 Å². The van der Waals surface area contributed by atoms with Gasteiger partial charge in [0.25, 0.3) is 10.0 Å². The minimum atomic E-state index is -3.38. The molecule has 0 radical (unpaired) electrons. The average molecular weight is 500 g/mol. The van der Waals surface area contributed by atoms with Crippen LogP contribution in [-0.4, -0.2) is 73.0 Å². The Hall–Kier alpha value is -2.53. The van der Waals surface area contributed by atoms with Gasteiger partial charge in [0.1, 0.15) is 16.1 Å². The van der Waals surface area contributed by atoms with Gasteiger partial charge in [0.2, 0.25) is 5.95 Å². The quantitative estimate of drug-likeness (QED) is 0.494. The maximum Gasteiger partial charge on any atom is 0.252 e. The number of hydrogen-bond donors (Lipinski definition) is 0. The fourth-order valence-electron chi connectivity index (χ4n) is 4.46. The standard InChI is InChI=1S/C24H29N5O3S2/c30-34(31,23-6-2-17-33-23)29-11-7-21(8-12-29)32-22-5-1-4-20(18-22)19-27-13-15-28(16-14-27)24-25-9-3-10-26-24/h1-6,9-10,17-18,21H,7-8,11-16,19H2. The lowest BCUT2D eigenvalue weighted by atomic mass is 10.1. The number of hydrogen-bond acceptors (Lipinski definition) is 8. The van der Waals surface area contributed by atoms with Crippen LogP contribution in [0.3, 0.4) is 0 Å². The van der Waals surface area contributed by atoms with Gasteiger partial charge in [-0.1, -0.05) is 18.2 Å².